The molecule has 0 saturated carbocycles. The van der Waals surface area contributed by atoms with Gasteiger partial charge in [0, 0.05) is 17.2 Å². The lowest BCUT2D eigenvalue weighted by Crippen LogP contribution is -2.16. The Hall–Kier alpha value is -0.860. The van der Waals surface area contributed by atoms with E-state index in [1.807, 2.05) is 0 Å². The van der Waals surface area contributed by atoms with Gasteiger partial charge in [-0.25, -0.2) is 4.98 Å². The summed E-state index contributed by atoms with van der Waals surface area (Å²) in [6.45, 7) is 0.402. The van der Waals surface area contributed by atoms with Crippen LogP contribution in [0.1, 0.15) is 5.56 Å². The van der Waals surface area contributed by atoms with E-state index in [9.17, 15) is 13.2 Å². The molecule has 1 aromatic rings. The van der Waals surface area contributed by atoms with Crippen molar-refractivity contribution in [2.45, 2.75) is 6.18 Å². The second kappa shape index (κ2) is 6.91. The number of pyridine rings is 1. The minimum Gasteiger partial charge on any atom is -0.394 e. The van der Waals surface area contributed by atoms with Crippen molar-refractivity contribution < 1.29 is 23.0 Å². The van der Waals surface area contributed by atoms with E-state index < -0.39 is 11.7 Å². The number of aromatic nitrogens is 1. The van der Waals surface area contributed by atoms with E-state index in [0.29, 0.717) is 0 Å². The van der Waals surface area contributed by atoms with E-state index >= 15 is 0 Å². The highest BCUT2D eigenvalue weighted by molar-refractivity contribution is 9.10. The number of rotatable bonds is 6. The maximum absolute atomic E-state index is 12.7. The third kappa shape index (κ3) is 4.79. The summed E-state index contributed by atoms with van der Waals surface area (Å²) < 4.78 is 43.3. The van der Waals surface area contributed by atoms with Gasteiger partial charge in [0.25, 0.3) is 0 Å². The minimum absolute atomic E-state index is 0.121. The predicted octanol–water partition coefficient (Wildman–Crippen LogP) is 2.28. The molecule has 1 aromatic heterocycles. The average Bonchev–Trinajstić information content (AvgIpc) is 2.29. The van der Waals surface area contributed by atoms with Crippen LogP contribution in [-0.2, 0) is 10.9 Å². The van der Waals surface area contributed by atoms with Crippen LogP contribution >= 0.6 is 15.9 Å². The molecular weight excluding hydrogens is 317 g/mol. The molecule has 4 nitrogen and oxygen atoms in total. The molecule has 0 atom stereocenters. The lowest BCUT2D eigenvalue weighted by Gasteiger charge is -2.13. The number of ether oxygens (including phenoxy) is 1. The first kappa shape index (κ1) is 15.2. The fourth-order valence-corrected chi connectivity index (χ4v) is 1.54. The Labute approximate surface area is 110 Å². The van der Waals surface area contributed by atoms with E-state index in [1.165, 1.54) is 6.20 Å². The zero-order valence-corrected chi connectivity index (χ0v) is 10.9. The SMILES string of the molecule is OCCOCCNc1ncc(Br)cc1C(F)(F)F. The first-order chi connectivity index (χ1) is 8.45. The van der Waals surface area contributed by atoms with E-state index in [2.05, 4.69) is 26.2 Å². The largest absolute Gasteiger partial charge is 0.419 e. The van der Waals surface area contributed by atoms with Crippen molar-refractivity contribution in [3.63, 3.8) is 0 Å². The van der Waals surface area contributed by atoms with E-state index in [1.54, 1.807) is 0 Å². The molecule has 0 saturated heterocycles. The van der Waals surface area contributed by atoms with Gasteiger partial charge >= 0.3 is 6.18 Å². The number of halogens is 4. The normalized spacial score (nSPS) is 11.6. The predicted molar refractivity (Wildman–Crippen MR) is 63.3 cm³/mol. The zero-order valence-electron chi connectivity index (χ0n) is 9.30. The number of aliphatic hydroxyl groups is 1. The van der Waals surface area contributed by atoms with Gasteiger partial charge in [0.2, 0.25) is 0 Å². The third-order valence-corrected chi connectivity index (χ3v) is 2.37. The smallest absolute Gasteiger partial charge is 0.394 e. The lowest BCUT2D eigenvalue weighted by atomic mass is 10.2. The van der Waals surface area contributed by atoms with Gasteiger partial charge < -0.3 is 15.2 Å². The number of hydrogen-bond donors (Lipinski definition) is 2. The van der Waals surface area contributed by atoms with Crippen LogP contribution in [0.15, 0.2) is 16.7 Å². The number of alkyl halides is 3. The molecule has 0 aliphatic carbocycles. The second-order valence-electron chi connectivity index (χ2n) is 3.31. The van der Waals surface area contributed by atoms with Crippen LogP contribution in [0.25, 0.3) is 0 Å². The summed E-state index contributed by atoms with van der Waals surface area (Å²) in [7, 11) is 0. The number of nitrogens with one attached hydrogen (secondary N) is 1. The molecule has 1 heterocycles. The number of anilines is 1. The summed E-state index contributed by atoms with van der Waals surface area (Å²) in [6.07, 6.45) is -3.18. The van der Waals surface area contributed by atoms with Gasteiger partial charge in [0.1, 0.15) is 5.82 Å². The van der Waals surface area contributed by atoms with Crippen molar-refractivity contribution >= 4 is 21.7 Å². The highest BCUT2D eigenvalue weighted by atomic mass is 79.9. The van der Waals surface area contributed by atoms with Crippen molar-refractivity contribution in [3.05, 3.63) is 22.3 Å². The second-order valence-corrected chi connectivity index (χ2v) is 4.23. The molecule has 102 valence electrons. The molecule has 1 rings (SSSR count). The molecule has 0 spiro atoms. The van der Waals surface area contributed by atoms with E-state index in [4.69, 9.17) is 9.84 Å². The van der Waals surface area contributed by atoms with Gasteiger partial charge in [0.15, 0.2) is 0 Å². The molecule has 0 aromatic carbocycles. The Bertz CT molecular complexity index is 388. The molecule has 8 heteroatoms. The standard InChI is InChI=1S/C10H12BrF3N2O2/c11-7-5-8(10(12,13)14)9(16-6-7)15-1-3-18-4-2-17/h5-6,17H,1-4H2,(H,15,16). The van der Waals surface area contributed by atoms with Crippen LogP contribution < -0.4 is 5.32 Å². The van der Waals surface area contributed by atoms with Gasteiger partial charge in [-0.2, -0.15) is 13.2 Å². The van der Waals surface area contributed by atoms with Crippen LogP contribution in [-0.4, -0.2) is 36.5 Å². The van der Waals surface area contributed by atoms with Crippen LogP contribution in [0.3, 0.4) is 0 Å². The summed E-state index contributed by atoms with van der Waals surface area (Å²) in [5.41, 5.74) is -0.834. The summed E-state index contributed by atoms with van der Waals surface area (Å²) >= 11 is 2.95. The quantitative estimate of drug-likeness (QED) is 0.787. The monoisotopic (exact) mass is 328 g/mol. The number of aliphatic hydroxyl groups excluding tert-OH is 1. The van der Waals surface area contributed by atoms with Crippen molar-refractivity contribution in [2.24, 2.45) is 0 Å². The van der Waals surface area contributed by atoms with Crippen LogP contribution in [0.4, 0.5) is 19.0 Å². The molecule has 0 fully saturated rings. The molecule has 0 unspecified atom stereocenters. The van der Waals surface area contributed by atoms with Gasteiger partial charge in [-0.05, 0) is 22.0 Å². The number of hydrogen-bond acceptors (Lipinski definition) is 4. The van der Waals surface area contributed by atoms with Crippen molar-refractivity contribution in [1.82, 2.24) is 4.98 Å². The highest BCUT2D eigenvalue weighted by Crippen LogP contribution is 2.35. The maximum atomic E-state index is 12.7. The van der Waals surface area contributed by atoms with Crippen molar-refractivity contribution in [3.8, 4) is 0 Å². The zero-order chi connectivity index (χ0) is 13.6. The molecule has 2 N–H and O–H groups in total. The molecule has 0 amide bonds. The Morgan fingerprint density at radius 2 is 2.11 bits per heavy atom. The fourth-order valence-electron chi connectivity index (χ4n) is 1.20. The lowest BCUT2D eigenvalue weighted by molar-refractivity contribution is -0.137. The van der Waals surface area contributed by atoms with Crippen LogP contribution in [0, 0.1) is 0 Å². The summed E-state index contributed by atoms with van der Waals surface area (Å²) in [5, 5.41) is 11.0. The summed E-state index contributed by atoms with van der Waals surface area (Å²) in [5.74, 6) is -0.238. The Balaban J connectivity index is 2.65. The summed E-state index contributed by atoms with van der Waals surface area (Å²) in [4.78, 5) is 3.68. The highest BCUT2D eigenvalue weighted by Gasteiger charge is 2.34. The van der Waals surface area contributed by atoms with Crippen LogP contribution in [0.2, 0.25) is 0 Å². The van der Waals surface area contributed by atoms with Crippen molar-refractivity contribution in [2.75, 3.05) is 31.7 Å². The van der Waals surface area contributed by atoms with E-state index in [-0.39, 0.29) is 36.7 Å². The first-order valence-corrected chi connectivity index (χ1v) is 5.89. The van der Waals surface area contributed by atoms with Crippen molar-refractivity contribution in [1.29, 1.82) is 0 Å². The molecule has 0 bridgehead atoms. The number of nitrogens with zero attached hydrogens (tertiary/aromatic N) is 1. The summed E-state index contributed by atoms with van der Waals surface area (Å²) in [6, 6.07) is 0.962. The van der Waals surface area contributed by atoms with Gasteiger partial charge in [-0.15, -0.1) is 0 Å². The molecule has 0 radical (unpaired) electrons. The Kier molecular flexibility index (Phi) is 5.83. The average molecular weight is 329 g/mol. The first-order valence-electron chi connectivity index (χ1n) is 5.10. The minimum atomic E-state index is -4.47. The molecule has 0 aliphatic rings. The van der Waals surface area contributed by atoms with Gasteiger partial charge in [-0.1, -0.05) is 0 Å². The van der Waals surface area contributed by atoms with E-state index in [0.717, 1.165) is 6.07 Å². The molecular formula is C10H12BrF3N2O2. The molecule has 0 aliphatic heterocycles. The van der Waals surface area contributed by atoms with Gasteiger partial charge in [0.05, 0.1) is 25.4 Å². The maximum Gasteiger partial charge on any atom is 0.419 e. The Morgan fingerprint density at radius 3 is 2.72 bits per heavy atom. The molecule has 18 heavy (non-hydrogen) atoms. The fraction of sp³-hybridized carbons (Fsp3) is 0.500. The van der Waals surface area contributed by atoms with Gasteiger partial charge in [-0.3, -0.25) is 0 Å². The topological polar surface area (TPSA) is 54.4 Å². The Morgan fingerprint density at radius 1 is 1.39 bits per heavy atom. The van der Waals surface area contributed by atoms with Crippen LogP contribution in [0.5, 0.6) is 0 Å². The third-order valence-electron chi connectivity index (χ3n) is 1.93.